The minimum Gasteiger partial charge on any atom is -0.356 e. The fourth-order valence-electron chi connectivity index (χ4n) is 18.9. The SMILES string of the molecule is [2H]c1c([2H])c([2H])c(-c2ccc3c(c2)Nc2c4c(cc(-n5c6ccc(C(C)(C)C)cc6c6cc(C(C)(C)C)ccc65)c2-c2cccc5c2sc2c(-c6ccc7c(c6)sc6ccccc67)cccc25)N(c2c(-c5ccccc5)cc(C(C)(C)C)cc2-c2ccccc2)c2cc(-n5c6ccc(C(C)(C)C)cc6c6cc(C(C)(C)C)ccc65)ccc2B34)c([2H])c1[2H]. The van der Waals surface area contributed by atoms with E-state index in [9.17, 15) is 2.74 Å². The molecular formula is C110H95BN4S2. The second kappa shape index (κ2) is 26.3. The molecule has 0 unspecified atom stereocenters. The smallest absolute Gasteiger partial charge is 0.252 e. The van der Waals surface area contributed by atoms with Gasteiger partial charge in [0.15, 0.2) is 0 Å². The van der Waals surface area contributed by atoms with Gasteiger partial charge in [0.2, 0.25) is 0 Å². The highest BCUT2D eigenvalue weighted by Gasteiger charge is 2.45. The maximum absolute atomic E-state index is 9.64. The third-order valence-corrected chi connectivity index (χ3v) is 27.6. The first-order valence-corrected chi connectivity index (χ1v) is 42.9. The van der Waals surface area contributed by atoms with Crippen LogP contribution < -0.4 is 26.6 Å². The second-order valence-corrected chi connectivity index (χ2v) is 39.9. The first-order chi connectivity index (χ1) is 58.2. The topological polar surface area (TPSA) is 25.1 Å². The lowest BCUT2D eigenvalue weighted by Gasteiger charge is -2.43. The molecule has 0 spiro atoms. The molecule has 0 saturated carbocycles. The van der Waals surface area contributed by atoms with Crippen molar-refractivity contribution >= 4 is 158 Å². The Morgan fingerprint density at radius 3 is 1.36 bits per heavy atom. The Bertz CT molecular complexity index is 7470. The van der Waals surface area contributed by atoms with E-state index in [0.717, 1.165) is 133 Å². The van der Waals surface area contributed by atoms with Crippen molar-refractivity contribution in [2.24, 2.45) is 0 Å². The largest absolute Gasteiger partial charge is 0.356 e. The number of anilines is 5. The zero-order chi connectivity index (χ0) is 84.6. The maximum atomic E-state index is 9.64. The molecule has 2 aliphatic heterocycles. The van der Waals surface area contributed by atoms with E-state index < -0.39 is 12.8 Å². The molecule has 6 heterocycles. The summed E-state index contributed by atoms with van der Waals surface area (Å²) in [6, 6.07) is 99.5. The first-order valence-electron chi connectivity index (χ1n) is 43.7. The van der Waals surface area contributed by atoms with E-state index in [4.69, 9.17) is 4.11 Å². The van der Waals surface area contributed by atoms with Crippen molar-refractivity contribution in [3.05, 3.63) is 325 Å². The Morgan fingerprint density at radius 1 is 0.316 bits per heavy atom. The molecule has 7 heteroatoms. The van der Waals surface area contributed by atoms with Crippen LogP contribution in [0.1, 0.15) is 139 Å². The molecule has 117 heavy (non-hydrogen) atoms. The van der Waals surface area contributed by atoms with E-state index in [0.29, 0.717) is 5.56 Å². The first kappa shape index (κ1) is 67.2. The lowest BCUT2D eigenvalue weighted by atomic mass is 9.33. The molecule has 4 aromatic heterocycles. The van der Waals surface area contributed by atoms with Crippen molar-refractivity contribution in [1.82, 2.24) is 9.13 Å². The molecule has 0 fully saturated rings. The van der Waals surface area contributed by atoms with Gasteiger partial charge < -0.3 is 19.4 Å². The third-order valence-electron chi connectivity index (χ3n) is 25.2. The molecule has 2 aliphatic rings. The Labute approximate surface area is 702 Å². The number of aromatic nitrogens is 2. The van der Waals surface area contributed by atoms with Crippen molar-refractivity contribution in [3.63, 3.8) is 0 Å². The lowest BCUT2D eigenvalue weighted by molar-refractivity contribution is 0.590. The van der Waals surface area contributed by atoms with Crippen LogP contribution in [0.3, 0.4) is 0 Å². The van der Waals surface area contributed by atoms with Gasteiger partial charge in [-0.1, -0.05) is 304 Å². The summed E-state index contributed by atoms with van der Waals surface area (Å²) in [4.78, 5) is 2.67. The predicted molar refractivity (Wildman–Crippen MR) is 511 cm³/mol. The van der Waals surface area contributed by atoms with Crippen LogP contribution >= 0.6 is 22.7 Å². The molecule has 0 atom stereocenters. The molecular weight excluding hydrogens is 1450 g/mol. The average molecular weight is 1550 g/mol. The highest BCUT2D eigenvalue weighted by molar-refractivity contribution is 7.27. The predicted octanol–water partition coefficient (Wildman–Crippen LogP) is 29.8. The van der Waals surface area contributed by atoms with Crippen LogP contribution in [-0.2, 0) is 27.1 Å². The number of benzene rings is 15. The summed E-state index contributed by atoms with van der Waals surface area (Å²) in [5, 5.41) is 14.0. The molecule has 0 radical (unpaired) electrons. The third kappa shape index (κ3) is 11.7. The summed E-state index contributed by atoms with van der Waals surface area (Å²) in [6.45, 7) is 34.2. The lowest BCUT2D eigenvalue weighted by Crippen LogP contribution is -2.60. The van der Waals surface area contributed by atoms with Gasteiger partial charge >= 0.3 is 0 Å². The normalized spacial score (nSPS) is 13.9. The van der Waals surface area contributed by atoms with Crippen LogP contribution in [0.4, 0.5) is 28.4 Å². The van der Waals surface area contributed by atoms with Gasteiger partial charge in [0, 0.05) is 113 Å². The van der Waals surface area contributed by atoms with E-state index in [2.05, 4.69) is 384 Å². The Balaban J connectivity index is 0.959. The van der Waals surface area contributed by atoms with Crippen molar-refractivity contribution in [1.29, 1.82) is 0 Å². The Hall–Kier alpha value is -12.0. The van der Waals surface area contributed by atoms with Crippen molar-refractivity contribution in [2.45, 2.75) is 131 Å². The monoisotopic (exact) mass is 1550 g/mol. The number of hydrogen-bond acceptors (Lipinski definition) is 4. The number of nitrogens with zero attached hydrogens (tertiary/aromatic N) is 3. The molecule has 570 valence electrons. The van der Waals surface area contributed by atoms with E-state index in [-0.39, 0.29) is 56.8 Å². The Kier molecular flexibility index (Phi) is 15.1. The minimum absolute atomic E-state index is 0.119. The number of thiophene rings is 2. The molecule has 21 rings (SSSR count). The highest BCUT2D eigenvalue weighted by Crippen LogP contribution is 2.56. The number of fused-ring (bicyclic) bond motifs is 16. The zero-order valence-electron chi connectivity index (χ0n) is 74.1. The van der Waals surface area contributed by atoms with Gasteiger partial charge in [0.25, 0.3) is 6.71 Å². The standard InChI is InChI=1S/C110H95BN4S2/c1-106(2,3)70-43-51-91-84(57-70)85-58-71(107(4,5)6)44-52-92(85)113(91)75-47-50-89-95(63-75)115(103-82(66-31-21-17-22-32-66)61-74(110(13,14)15)62-83(103)67-33-23-18-24-34-67)97-64-96(114-93-53-45-72(108(7,8)9)59-86(93)87-60-73(109(10,11)12)46-54-94(87)114)100(102-101(97)111(89)88-49-42-68(55-90(88)112-102)65-29-19-16-20-30-65)81-39-28-38-80-79-37-27-36-76(104(79)117-105(80)81)69-41-48-78-77-35-25-26-40-98(77)116-99(78)56-69/h16-64,112H,1-15H3/i16D,19D,20D,29D,30D. The van der Waals surface area contributed by atoms with Gasteiger partial charge in [0.1, 0.15) is 0 Å². The van der Waals surface area contributed by atoms with E-state index in [1.807, 2.05) is 28.7 Å². The zero-order valence-corrected chi connectivity index (χ0v) is 70.8. The number of nitrogens with one attached hydrogen (secondary N) is 1. The van der Waals surface area contributed by atoms with Crippen LogP contribution in [-0.4, -0.2) is 15.8 Å². The maximum Gasteiger partial charge on any atom is 0.252 e. The summed E-state index contributed by atoms with van der Waals surface area (Å²) >= 11 is 3.71. The summed E-state index contributed by atoms with van der Waals surface area (Å²) in [5.74, 6) is 0. The van der Waals surface area contributed by atoms with Gasteiger partial charge in [-0.3, -0.25) is 0 Å². The number of rotatable bonds is 8. The number of hydrogen-bond donors (Lipinski definition) is 1. The van der Waals surface area contributed by atoms with Crippen LogP contribution in [0.5, 0.6) is 0 Å². The van der Waals surface area contributed by atoms with Gasteiger partial charge in [-0.25, -0.2) is 0 Å². The van der Waals surface area contributed by atoms with Gasteiger partial charge in [-0.2, -0.15) is 0 Å². The Morgan fingerprint density at radius 2 is 0.803 bits per heavy atom. The van der Waals surface area contributed by atoms with Crippen LogP contribution in [0, 0.1) is 0 Å². The fourth-order valence-corrected chi connectivity index (χ4v) is 21.4. The summed E-state index contributed by atoms with van der Waals surface area (Å²) < 4.78 is 56.4. The van der Waals surface area contributed by atoms with E-state index >= 15 is 0 Å². The van der Waals surface area contributed by atoms with Crippen molar-refractivity contribution < 1.29 is 6.85 Å². The highest BCUT2D eigenvalue weighted by atomic mass is 32.1. The van der Waals surface area contributed by atoms with Gasteiger partial charge in [-0.05, 0) is 202 Å². The quantitative estimate of drug-likeness (QED) is 0.153. The summed E-state index contributed by atoms with van der Waals surface area (Å²) in [7, 11) is 0. The summed E-state index contributed by atoms with van der Waals surface area (Å²) in [5.41, 5.74) is 28.9. The molecule has 0 bridgehead atoms. The molecule has 19 aromatic rings. The molecule has 4 nitrogen and oxygen atoms in total. The molecule has 1 N–H and O–H groups in total. The molecule has 0 amide bonds. The molecule has 15 aromatic carbocycles. The summed E-state index contributed by atoms with van der Waals surface area (Å²) in [6.07, 6.45) is 0. The van der Waals surface area contributed by atoms with Crippen molar-refractivity contribution in [3.8, 4) is 67.0 Å². The van der Waals surface area contributed by atoms with E-state index in [1.165, 1.54) is 80.0 Å². The van der Waals surface area contributed by atoms with Crippen LogP contribution in [0.2, 0.25) is 0 Å². The van der Waals surface area contributed by atoms with Crippen molar-refractivity contribution in [2.75, 3.05) is 10.2 Å². The van der Waals surface area contributed by atoms with Gasteiger partial charge in [0.05, 0.1) is 40.3 Å². The van der Waals surface area contributed by atoms with Crippen LogP contribution in [0.25, 0.3) is 151 Å². The average Bonchev–Trinajstić information content (AvgIpc) is 0.995. The fraction of sp³-hybridized carbons (Fsp3) is 0.182. The van der Waals surface area contributed by atoms with Gasteiger partial charge in [-0.15, -0.1) is 22.7 Å². The minimum atomic E-state index is -0.478. The van der Waals surface area contributed by atoms with Crippen LogP contribution in [0.15, 0.2) is 297 Å². The molecule has 0 saturated heterocycles. The second-order valence-electron chi connectivity index (χ2n) is 37.8. The van der Waals surface area contributed by atoms with E-state index in [1.54, 1.807) is 0 Å². The molecule has 0 aliphatic carbocycles.